The van der Waals surface area contributed by atoms with E-state index in [1.54, 1.807) is 31.4 Å². The summed E-state index contributed by atoms with van der Waals surface area (Å²) in [5, 5.41) is 5.50. The monoisotopic (exact) mass is 385 g/mol. The standard InChI is InChI=1S/C20H17F2N3O3/c1-27-14-4-6-17(19(11-14)28-2)24-13-7-8-23-18(10-13)20(26)25-16-5-3-12(21)9-15(16)22/h3-11H,1-2H3,(H,23,24)(H,25,26). The van der Waals surface area contributed by atoms with Crippen LogP contribution in [0.25, 0.3) is 0 Å². The molecule has 0 aliphatic carbocycles. The van der Waals surface area contributed by atoms with Crippen LogP contribution in [0.4, 0.5) is 25.8 Å². The predicted octanol–water partition coefficient (Wildman–Crippen LogP) is 4.37. The van der Waals surface area contributed by atoms with Gasteiger partial charge in [-0.1, -0.05) is 0 Å². The minimum absolute atomic E-state index is 0.0567. The molecule has 1 aromatic heterocycles. The number of pyridine rings is 1. The zero-order valence-electron chi connectivity index (χ0n) is 15.1. The first-order valence-corrected chi connectivity index (χ1v) is 8.21. The lowest BCUT2D eigenvalue weighted by Crippen LogP contribution is -2.15. The summed E-state index contributed by atoms with van der Waals surface area (Å²) in [6.45, 7) is 0. The summed E-state index contributed by atoms with van der Waals surface area (Å²) in [6.07, 6.45) is 1.44. The Bertz CT molecular complexity index is 1010. The summed E-state index contributed by atoms with van der Waals surface area (Å²) >= 11 is 0. The number of hydrogen-bond donors (Lipinski definition) is 2. The van der Waals surface area contributed by atoms with Crippen molar-refractivity contribution in [2.75, 3.05) is 24.9 Å². The number of carbonyl (C=O) groups excluding carboxylic acids is 1. The lowest BCUT2D eigenvalue weighted by atomic mass is 10.2. The average Bonchev–Trinajstić information content (AvgIpc) is 2.70. The van der Waals surface area contributed by atoms with E-state index in [9.17, 15) is 13.6 Å². The molecule has 0 radical (unpaired) electrons. The second-order valence-corrected chi connectivity index (χ2v) is 5.70. The predicted molar refractivity (Wildman–Crippen MR) is 101 cm³/mol. The number of ether oxygens (including phenoxy) is 2. The van der Waals surface area contributed by atoms with E-state index in [2.05, 4.69) is 15.6 Å². The largest absolute Gasteiger partial charge is 0.497 e. The van der Waals surface area contributed by atoms with Crippen LogP contribution in [0.3, 0.4) is 0 Å². The fraction of sp³-hybridized carbons (Fsp3) is 0.100. The van der Waals surface area contributed by atoms with E-state index in [0.717, 1.165) is 12.1 Å². The molecular formula is C20H17F2N3O3. The van der Waals surface area contributed by atoms with Gasteiger partial charge in [0.1, 0.15) is 28.8 Å². The number of aromatic nitrogens is 1. The molecule has 0 spiro atoms. The molecule has 0 bridgehead atoms. The van der Waals surface area contributed by atoms with E-state index >= 15 is 0 Å². The lowest BCUT2D eigenvalue weighted by Gasteiger charge is -2.13. The number of anilines is 3. The summed E-state index contributed by atoms with van der Waals surface area (Å²) in [4.78, 5) is 16.4. The van der Waals surface area contributed by atoms with Crippen molar-refractivity contribution in [2.24, 2.45) is 0 Å². The lowest BCUT2D eigenvalue weighted by molar-refractivity contribution is 0.102. The quantitative estimate of drug-likeness (QED) is 0.659. The van der Waals surface area contributed by atoms with Crippen LogP contribution >= 0.6 is 0 Å². The normalized spacial score (nSPS) is 10.3. The Morgan fingerprint density at radius 1 is 0.964 bits per heavy atom. The van der Waals surface area contributed by atoms with Gasteiger partial charge in [0, 0.05) is 24.0 Å². The van der Waals surface area contributed by atoms with Crippen molar-refractivity contribution in [2.45, 2.75) is 0 Å². The highest BCUT2D eigenvalue weighted by atomic mass is 19.1. The highest BCUT2D eigenvalue weighted by Crippen LogP contribution is 2.31. The Morgan fingerprint density at radius 3 is 2.46 bits per heavy atom. The van der Waals surface area contributed by atoms with Crippen LogP contribution in [0.5, 0.6) is 11.5 Å². The van der Waals surface area contributed by atoms with Crippen molar-refractivity contribution in [3.8, 4) is 11.5 Å². The van der Waals surface area contributed by atoms with Crippen LogP contribution in [-0.4, -0.2) is 25.1 Å². The minimum atomic E-state index is -0.870. The van der Waals surface area contributed by atoms with Crippen LogP contribution in [-0.2, 0) is 0 Å². The Morgan fingerprint density at radius 2 is 1.75 bits per heavy atom. The molecule has 6 nitrogen and oxygen atoms in total. The highest BCUT2D eigenvalue weighted by Gasteiger charge is 2.13. The van der Waals surface area contributed by atoms with Gasteiger partial charge in [-0.15, -0.1) is 0 Å². The summed E-state index contributed by atoms with van der Waals surface area (Å²) in [5.74, 6) is -1.04. The van der Waals surface area contributed by atoms with Crippen LogP contribution in [0, 0.1) is 11.6 Å². The minimum Gasteiger partial charge on any atom is -0.497 e. The molecule has 0 saturated carbocycles. The van der Waals surface area contributed by atoms with Gasteiger partial charge in [-0.3, -0.25) is 9.78 Å². The molecule has 3 aromatic rings. The first kappa shape index (κ1) is 19.1. The van der Waals surface area contributed by atoms with E-state index in [1.807, 2.05) is 0 Å². The van der Waals surface area contributed by atoms with Crippen molar-refractivity contribution in [3.05, 3.63) is 72.1 Å². The van der Waals surface area contributed by atoms with E-state index in [0.29, 0.717) is 28.9 Å². The van der Waals surface area contributed by atoms with Gasteiger partial charge < -0.3 is 20.1 Å². The molecule has 0 saturated heterocycles. The summed E-state index contributed by atoms with van der Waals surface area (Å²) in [5.41, 5.74) is 1.15. The number of rotatable bonds is 6. The van der Waals surface area contributed by atoms with E-state index < -0.39 is 17.5 Å². The Balaban J connectivity index is 1.79. The van der Waals surface area contributed by atoms with Crippen molar-refractivity contribution in [1.29, 1.82) is 0 Å². The number of benzene rings is 2. The van der Waals surface area contributed by atoms with Crippen LogP contribution in [0.1, 0.15) is 10.5 Å². The maximum absolute atomic E-state index is 13.7. The number of methoxy groups -OCH3 is 2. The molecule has 0 fully saturated rings. The fourth-order valence-electron chi connectivity index (χ4n) is 2.47. The molecule has 0 unspecified atom stereocenters. The molecule has 1 amide bonds. The first-order chi connectivity index (χ1) is 13.5. The number of halogens is 2. The second-order valence-electron chi connectivity index (χ2n) is 5.70. The fourth-order valence-corrected chi connectivity index (χ4v) is 2.47. The zero-order valence-corrected chi connectivity index (χ0v) is 15.1. The van der Waals surface area contributed by atoms with Crippen LogP contribution in [0.2, 0.25) is 0 Å². The number of nitrogens with one attached hydrogen (secondary N) is 2. The van der Waals surface area contributed by atoms with Crippen molar-refractivity contribution in [1.82, 2.24) is 4.98 Å². The Labute approximate surface area is 160 Å². The molecule has 1 heterocycles. The molecule has 3 rings (SSSR count). The van der Waals surface area contributed by atoms with Gasteiger partial charge in [-0.25, -0.2) is 8.78 Å². The topological polar surface area (TPSA) is 72.5 Å². The molecule has 0 aliphatic rings. The van der Waals surface area contributed by atoms with Crippen LogP contribution < -0.4 is 20.1 Å². The maximum Gasteiger partial charge on any atom is 0.274 e. The molecule has 28 heavy (non-hydrogen) atoms. The maximum atomic E-state index is 13.7. The van der Waals surface area contributed by atoms with Gasteiger partial charge >= 0.3 is 0 Å². The molecule has 8 heteroatoms. The third kappa shape index (κ3) is 4.35. The van der Waals surface area contributed by atoms with E-state index in [1.165, 1.54) is 19.4 Å². The number of hydrogen-bond acceptors (Lipinski definition) is 5. The van der Waals surface area contributed by atoms with Crippen molar-refractivity contribution >= 4 is 23.0 Å². The van der Waals surface area contributed by atoms with E-state index in [-0.39, 0.29) is 11.4 Å². The van der Waals surface area contributed by atoms with Gasteiger partial charge in [0.25, 0.3) is 5.91 Å². The molecule has 0 atom stereocenters. The molecule has 2 aromatic carbocycles. The summed E-state index contributed by atoms with van der Waals surface area (Å²) in [7, 11) is 3.09. The van der Waals surface area contributed by atoms with Gasteiger partial charge in [0.05, 0.1) is 25.6 Å². The summed E-state index contributed by atoms with van der Waals surface area (Å²) < 4.78 is 37.2. The Kier molecular flexibility index (Phi) is 5.69. The summed E-state index contributed by atoms with van der Waals surface area (Å²) in [6, 6.07) is 11.3. The highest BCUT2D eigenvalue weighted by molar-refractivity contribution is 6.03. The smallest absolute Gasteiger partial charge is 0.274 e. The molecule has 0 aliphatic heterocycles. The van der Waals surface area contributed by atoms with Gasteiger partial charge in [-0.05, 0) is 36.4 Å². The SMILES string of the molecule is COc1ccc(Nc2ccnc(C(=O)Nc3ccc(F)cc3F)c2)c(OC)c1. The van der Waals surface area contributed by atoms with Crippen molar-refractivity contribution < 1.29 is 23.0 Å². The number of amides is 1. The van der Waals surface area contributed by atoms with Crippen LogP contribution in [0.15, 0.2) is 54.7 Å². The van der Waals surface area contributed by atoms with E-state index in [4.69, 9.17) is 9.47 Å². The first-order valence-electron chi connectivity index (χ1n) is 8.21. The second kappa shape index (κ2) is 8.34. The third-order valence-corrected chi connectivity index (χ3v) is 3.86. The van der Waals surface area contributed by atoms with Crippen molar-refractivity contribution in [3.63, 3.8) is 0 Å². The number of carbonyl (C=O) groups is 1. The zero-order chi connectivity index (χ0) is 20.1. The Hall–Kier alpha value is -3.68. The molecule has 2 N–H and O–H groups in total. The third-order valence-electron chi connectivity index (χ3n) is 3.86. The van der Waals surface area contributed by atoms with Gasteiger partial charge in [0.2, 0.25) is 0 Å². The van der Waals surface area contributed by atoms with Gasteiger partial charge in [0.15, 0.2) is 0 Å². The molecular weight excluding hydrogens is 368 g/mol. The number of nitrogens with zero attached hydrogens (tertiary/aromatic N) is 1. The van der Waals surface area contributed by atoms with Gasteiger partial charge in [-0.2, -0.15) is 0 Å². The average molecular weight is 385 g/mol. The molecule has 144 valence electrons.